The fourth-order valence-electron chi connectivity index (χ4n) is 1.84. The number of hydrogen-bond acceptors (Lipinski definition) is 5. The fourth-order valence-corrected chi connectivity index (χ4v) is 2.48. The van der Waals surface area contributed by atoms with Gasteiger partial charge in [-0.1, -0.05) is 6.07 Å². The predicted octanol–water partition coefficient (Wildman–Crippen LogP) is 2.91. The Morgan fingerprint density at radius 2 is 2.05 bits per heavy atom. The minimum Gasteiger partial charge on any atom is -0.421 e. The van der Waals surface area contributed by atoms with E-state index < -0.39 is 0 Å². The molecule has 0 aliphatic heterocycles. The lowest BCUT2D eigenvalue weighted by molar-refractivity contribution is 0.0957. The first kappa shape index (κ1) is 14.4. The van der Waals surface area contributed by atoms with Crippen molar-refractivity contribution in [1.82, 2.24) is 15.5 Å². The second-order valence-electron chi connectivity index (χ2n) is 4.49. The number of nitrogens with zero attached hydrogens (tertiary/aromatic N) is 2. The van der Waals surface area contributed by atoms with Crippen LogP contribution in [0.15, 0.2) is 46.2 Å². The molecule has 0 spiro atoms. The van der Waals surface area contributed by atoms with Gasteiger partial charge in [0.2, 0.25) is 11.8 Å². The molecule has 1 amide bonds. The number of halogens is 1. The average molecular weight is 317 g/mol. The topological polar surface area (TPSA) is 68.0 Å². The van der Waals surface area contributed by atoms with E-state index in [2.05, 4.69) is 15.5 Å². The predicted molar refractivity (Wildman–Crippen MR) is 80.0 cm³/mol. The molecule has 5 nitrogen and oxygen atoms in total. The smallest absolute Gasteiger partial charge is 0.261 e. The zero-order chi connectivity index (χ0) is 15.4. The summed E-state index contributed by atoms with van der Waals surface area (Å²) in [6.07, 6.45) is 0.436. The lowest BCUT2D eigenvalue weighted by atomic mass is 10.2. The van der Waals surface area contributed by atoms with Crippen LogP contribution in [0.5, 0.6) is 0 Å². The van der Waals surface area contributed by atoms with Crippen LogP contribution >= 0.6 is 11.3 Å². The van der Waals surface area contributed by atoms with E-state index in [1.807, 2.05) is 11.4 Å². The van der Waals surface area contributed by atoms with Gasteiger partial charge >= 0.3 is 0 Å². The number of carbonyl (C=O) groups excluding carboxylic acids is 1. The van der Waals surface area contributed by atoms with Crippen LogP contribution < -0.4 is 5.32 Å². The lowest BCUT2D eigenvalue weighted by Gasteiger charge is -2.00. The maximum Gasteiger partial charge on any atom is 0.261 e. The van der Waals surface area contributed by atoms with Crippen molar-refractivity contribution in [3.8, 4) is 11.5 Å². The summed E-state index contributed by atoms with van der Waals surface area (Å²) in [6.45, 7) is 0.405. The molecule has 22 heavy (non-hydrogen) atoms. The van der Waals surface area contributed by atoms with Crippen molar-refractivity contribution in [2.75, 3.05) is 6.54 Å². The number of nitrogens with one attached hydrogen (secondary N) is 1. The summed E-state index contributed by atoms with van der Waals surface area (Å²) in [4.78, 5) is 12.4. The van der Waals surface area contributed by atoms with E-state index in [9.17, 15) is 9.18 Å². The number of amides is 1. The van der Waals surface area contributed by atoms with Gasteiger partial charge in [-0.2, -0.15) is 0 Å². The van der Waals surface area contributed by atoms with Crippen molar-refractivity contribution < 1.29 is 13.6 Å². The summed E-state index contributed by atoms with van der Waals surface area (Å²) in [5.41, 5.74) is 0.655. The van der Waals surface area contributed by atoms with Gasteiger partial charge in [0.25, 0.3) is 5.91 Å². The van der Waals surface area contributed by atoms with Crippen LogP contribution in [0.25, 0.3) is 11.5 Å². The van der Waals surface area contributed by atoms with Gasteiger partial charge in [-0.05, 0) is 35.7 Å². The molecule has 0 atom stereocenters. The van der Waals surface area contributed by atoms with E-state index in [4.69, 9.17) is 4.42 Å². The molecule has 1 aromatic carbocycles. The van der Waals surface area contributed by atoms with E-state index in [1.165, 1.54) is 23.5 Å². The van der Waals surface area contributed by atoms with Gasteiger partial charge < -0.3 is 9.73 Å². The molecular formula is C15H12FN3O2S. The molecule has 3 rings (SSSR count). The van der Waals surface area contributed by atoms with Gasteiger partial charge in [0.1, 0.15) is 5.82 Å². The normalized spacial score (nSPS) is 10.6. The van der Waals surface area contributed by atoms with Crippen LogP contribution in [0.4, 0.5) is 4.39 Å². The molecular weight excluding hydrogens is 305 g/mol. The van der Waals surface area contributed by atoms with Crippen molar-refractivity contribution in [1.29, 1.82) is 0 Å². The van der Waals surface area contributed by atoms with Crippen molar-refractivity contribution in [3.05, 3.63) is 58.4 Å². The van der Waals surface area contributed by atoms with Crippen molar-refractivity contribution >= 4 is 17.2 Å². The largest absolute Gasteiger partial charge is 0.421 e. The molecule has 0 saturated carbocycles. The van der Waals surface area contributed by atoms with E-state index in [0.29, 0.717) is 35.2 Å². The summed E-state index contributed by atoms with van der Waals surface area (Å²) in [7, 11) is 0. The Hall–Kier alpha value is -2.54. The standard InChI is InChI=1S/C15H12FN3O2S/c16-11-5-3-10(4-6-11)15-19-18-13(21-15)7-8-17-14(20)12-2-1-9-22-12/h1-6,9H,7-8H2,(H,17,20). The third-order valence-corrected chi connectivity index (χ3v) is 3.80. The number of carbonyl (C=O) groups is 1. The molecule has 0 unspecified atom stereocenters. The molecule has 0 radical (unpaired) electrons. The Bertz CT molecular complexity index is 753. The Balaban J connectivity index is 1.56. The maximum atomic E-state index is 12.9. The SMILES string of the molecule is O=C(NCCc1nnc(-c2ccc(F)cc2)o1)c1cccs1. The quantitative estimate of drug-likeness (QED) is 0.785. The first-order valence-electron chi connectivity index (χ1n) is 6.62. The number of thiophene rings is 1. The van der Waals surface area contributed by atoms with Gasteiger partial charge in [0, 0.05) is 18.5 Å². The summed E-state index contributed by atoms with van der Waals surface area (Å²) in [6, 6.07) is 9.41. The molecule has 2 aromatic heterocycles. The third kappa shape index (κ3) is 3.37. The van der Waals surface area contributed by atoms with E-state index in [0.717, 1.165) is 0 Å². The third-order valence-electron chi connectivity index (χ3n) is 2.93. The minimum atomic E-state index is -0.320. The fraction of sp³-hybridized carbons (Fsp3) is 0.133. The highest BCUT2D eigenvalue weighted by molar-refractivity contribution is 7.12. The van der Waals surface area contributed by atoms with E-state index in [-0.39, 0.29) is 11.7 Å². The molecule has 0 saturated heterocycles. The van der Waals surface area contributed by atoms with Gasteiger partial charge in [-0.3, -0.25) is 4.79 Å². The highest BCUT2D eigenvalue weighted by Gasteiger charge is 2.10. The second-order valence-corrected chi connectivity index (χ2v) is 5.44. The van der Waals surface area contributed by atoms with Crippen LogP contribution in [0.3, 0.4) is 0 Å². The van der Waals surface area contributed by atoms with Crippen molar-refractivity contribution in [3.63, 3.8) is 0 Å². The maximum absolute atomic E-state index is 12.9. The second kappa shape index (κ2) is 6.48. The highest BCUT2D eigenvalue weighted by atomic mass is 32.1. The van der Waals surface area contributed by atoms with Gasteiger partial charge in [-0.25, -0.2) is 4.39 Å². The van der Waals surface area contributed by atoms with Crippen molar-refractivity contribution in [2.45, 2.75) is 6.42 Å². The zero-order valence-corrected chi connectivity index (χ0v) is 12.3. The van der Waals surface area contributed by atoms with Crippen LogP contribution in [0.2, 0.25) is 0 Å². The summed E-state index contributed by atoms with van der Waals surface area (Å²) >= 11 is 1.39. The lowest BCUT2D eigenvalue weighted by Crippen LogP contribution is -2.24. The Morgan fingerprint density at radius 3 is 2.77 bits per heavy atom. The van der Waals surface area contributed by atoms with Crippen molar-refractivity contribution in [2.24, 2.45) is 0 Å². The highest BCUT2D eigenvalue weighted by Crippen LogP contribution is 2.18. The molecule has 112 valence electrons. The number of aromatic nitrogens is 2. The summed E-state index contributed by atoms with van der Waals surface area (Å²) in [5.74, 6) is 0.318. The first-order valence-corrected chi connectivity index (χ1v) is 7.50. The molecule has 1 N–H and O–H groups in total. The van der Waals surface area contributed by atoms with Crippen LogP contribution in [-0.4, -0.2) is 22.6 Å². The molecule has 0 aliphatic rings. The number of hydrogen-bond donors (Lipinski definition) is 1. The average Bonchev–Trinajstić information content (AvgIpc) is 3.19. The summed E-state index contributed by atoms with van der Waals surface area (Å²) in [5, 5.41) is 12.5. The number of rotatable bonds is 5. The van der Waals surface area contributed by atoms with Crippen LogP contribution in [0.1, 0.15) is 15.6 Å². The van der Waals surface area contributed by atoms with E-state index in [1.54, 1.807) is 18.2 Å². The zero-order valence-electron chi connectivity index (χ0n) is 11.5. The molecule has 0 aliphatic carbocycles. The van der Waals surface area contributed by atoms with Gasteiger partial charge in [0.15, 0.2) is 0 Å². The van der Waals surface area contributed by atoms with Gasteiger partial charge in [-0.15, -0.1) is 21.5 Å². The van der Waals surface area contributed by atoms with Gasteiger partial charge in [0.05, 0.1) is 4.88 Å². The van der Waals surface area contributed by atoms with Crippen LogP contribution in [-0.2, 0) is 6.42 Å². The minimum absolute atomic E-state index is 0.117. The molecule has 7 heteroatoms. The monoisotopic (exact) mass is 317 g/mol. The molecule has 3 aromatic rings. The molecule has 0 bridgehead atoms. The number of benzene rings is 1. The first-order chi connectivity index (χ1) is 10.7. The Kier molecular flexibility index (Phi) is 4.24. The molecule has 2 heterocycles. The van der Waals surface area contributed by atoms with E-state index >= 15 is 0 Å². The summed E-state index contributed by atoms with van der Waals surface area (Å²) < 4.78 is 18.3. The van der Waals surface area contributed by atoms with Crippen LogP contribution in [0, 0.1) is 5.82 Å². The molecule has 0 fully saturated rings. The Morgan fingerprint density at radius 1 is 1.23 bits per heavy atom. The Labute approximate surface area is 129 Å².